The molecule has 1 fully saturated rings. The molecule has 1 atom stereocenters. The number of rotatable bonds is 3. The van der Waals surface area contributed by atoms with Crippen LogP contribution >= 0.6 is 11.6 Å². The summed E-state index contributed by atoms with van der Waals surface area (Å²) in [6.07, 6.45) is 2.69. The minimum atomic E-state index is -0.617. The van der Waals surface area contributed by atoms with Gasteiger partial charge < -0.3 is 24.6 Å². The Morgan fingerprint density at radius 3 is 2.69 bits per heavy atom. The summed E-state index contributed by atoms with van der Waals surface area (Å²) in [4.78, 5) is 20.5. The highest BCUT2D eigenvalue weighted by atomic mass is 35.5. The van der Waals surface area contributed by atoms with Crippen molar-refractivity contribution in [3.63, 3.8) is 0 Å². The molecule has 1 unspecified atom stereocenters. The SMILES string of the molecule is CC(C)(C)OC(=O)N1CCN(C2=NC(OCc3ccc(Cl)cc3F)NC=C2)CC1. The first-order valence-electron chi connectivity index (χ1n) is 9.50. The number of ether oxygens (including phenoxy) is 2. The number of hydrogen-bond acceptors (Lipinski definition) is 6. The van der Waals surface area contributed by atoms with Gasteiger partial charge in [-0.15, -0.1) is 0 Å². The number of nitrogens with one attached hydrogen (secondary N) is 1. The predicted molar refractivity (Wildman–Crippen MR) is 109 cm³/mol. The van der Waals surface area contributed by atoms with E-state index >= 15 is 0 Å². The summed E-state index contributed by atoms with van der Waals surface area (Å²) >= 11 is 5.77. The number of nitrogens with zero attached hydrogens (tertiary/aromatic N) is 3. The van der Waals surface area contributed by atoms with Crippen LogP contribution in [0.3, 0.4) is 0 Å². The third-order valence-corrected chi connectivity index (χ3v) is 4.62. The summed E-state index contributed by atoms with van der Waals surface area (Å²) in [6.45, 7) is 8.01. The second-order valence-electron chi connectivity index (χ2n) is 7.84. The standard InChI is InChI=1S/C20H26ClFN4O3/c1-20(2,3)29-19(27)26-10-8-25(9-11-26)17-6-7-23-18(24-17)28-13-14-4-5-15(21)12-16(14)22/h4-7,12,18,23H,8-11,13H2,1-3H3. The van der Waals surface area contributed by atoms with Crippen LogP contribution in [0.2, 0.25) is 5.02 Å². The van der Waals surface area contributed by atoms with E-state index in [1.165, 1.54) is 6.07 Å². The molecule has 1 N–H and O–H groups in total. The van der Waals surface area contributed by atoms with Gasteiger partial charge in [-0.25, -0.2) is 14.2 Å². The van der Waals surface area contributed by atoms with Crippen LogP contribution in [0.1, 0.15) is 26.3 Å². The van der Waals surface area contributed by atoms with Gasteiger partial charge in [-0.2, -0.15) is 0 Å². The normalized spacial score (nSPS) is 19.6. The smallest absolute Gasteiger partial charge is 0.410 e. The second kappa shape index (κ2) is 9.00. The zero-order valence-corrected chi connectivity index (χ0v) is 17.6. The molecule has 7 nitrogen and oxygen atoms in total. The Hall–Kier alpha value is -2.32. The average molecular weight is 425 g/mol. The van der Waals surface area contributed by atoms with E-state index in [2.05, 4.69) is 15.2 Å². The van der Waals surface area contributed by atoms with Gasteiger partial charge in [-0.1, -0.05) is 17.7 Å². The first-order chi connectivity index (χ1) is 13.7. The fourth-order valence-electron chi connectivity index (χ4n) is 2.93. The molecule has 0 aliphatic carbocycles. The van der Waals surface area contributed by atoms with Crippen molar-refractivity contribution in [2.45, 2.75) is 39.3 Å². The molecule has 0 aromatic heterocycles. The Morgan fingerprint density at radius 2 is 2.03 bits per heavy atom. The van der Waals surface area contributed by atoms with E-state index in [0.29, 0.717) is 36.8 Å². The summed E-state index contributed by atoms with van der Waals surface area (Å²) in [5.41, 5.74) is -0.0991. The molecule has 1 amide bonds. The molecule has 1 saturated heterocycles. The van der Waals surface area contributed by atoms with Crippen molar-refractivity contribution in [2.75, 3.05) is 26.2 Å². The summed E-state index contributed by atoms with van der Waals surface area (Å²) in [5.74, 6) is 0.348. The topological polar surface area (TPSA) is 66.4 Å². The van der Waals surface area contributed by atoms with Crippen LogP contribution in [0, 0.1) is 5.82 Å². The van der Waals surface area contributed by atoms with Crippen LogP contribution in [0.5, 0.6) is 0 Å². The summed E-state index contributed by atoms with van der Waals surface area (Å²) in [5, 5.41) is 3.34. The zero-order valence-electron chi connectivity index (χ0n) is 16.8. The fourth-order valence-corrected chi connectivity index (χ4v) is 3.09. The van der Waals surface area contributed by atoms with E-state index in [4.69, 9.17) is 21.1 Å². The van der Waals surface area contributed by atoms with Crippen molar-refractivity contribution in [2.24, 2.45) is 4.99 Å². The fraction of sp³-hybridized carbons (Fsp3) is 0.500. The number of aliphatic imine (C=N–C) groups is 1. The van der Waals surface area contributed by atoms with Crippen LogP contribution in [0.4, 0.5) is 9.18 Å². The van der Waals surface area contributed by atoms with Crippen molar-refractivity contribution >= 4 is 23.5 Å². The van der Waals surface area contributed by atoms with E-state index in [9.17, 15) is 9.18 Å². The number of hydrogen-bond donors (Lipinski definition) is 1. The minimum Gasteiger partial charge on any atom is -0.444 e. The molecule has 0 bridgehead atoms. The third-order valence-electron chi connectivity index (χ3n) is 4.39. The van der Waals surface area contributed by atoms with Crippen LogP contribution in [-0.2, 0) is 16.1 Å². The molecule has 3 rings (SSSR count). The molecule has 2 aliphatic rings. The third kappa shape index (κ3) is 6.08. The lowest BCUT2D eigenvalue weighted by molar-refractivity contribution is 0.0174. The van der Waals surface area contributed by atoms with Gasteiger partial charge in [0, 0.05) is 43.0 Å². The van der Waals surface area contributed by atoms with Crippen molar-refractivity contribution in [1.82, 2.24) is 15.1 Å². The molecule has 0 radical (unpaired) electrons. The van der Waals surface area contributed by atoms with Gasteiger partial charge in [-0.3, -0.25) is 0 Å². The van der Waals surface area contributed by atoms with Gasteiger partial charge in [0.25, 0.3) is 0 Å². The van der Waals surface area contributed by atoms with Gasteiger partial charge in [0.1, 0.15) is 17.3 Å². The molecule has 1 aromatic rings. The number of carbonyl (C=O) groups excluding carboxylic acids is 1. The minimum absolute atomic E-state index is 0.0672. The second-order valence-corrected chi connectivity index (χ2v) is 8.28. The van der Waals surface area contributed by atoms with Crippen LogP contribution in [-0.4, -0.2) is 59.9 Å². The summed E-state index contributed by atoms with van der Waals surface area (Å²) in [7, 11) is 0. The number of amides is 1. The quantitative estimate of drug-likeness (QED) is 0.806. The number of benzene rings is 1. The van der Waals surface area contributed by atoms with Crippen LogP contribution in [0.25, 0.3) is 0 Å². The number of piperazine rings is 1. The number of carbonyl (C=O) groups is 1. The molecule has 29 heavy (non-hydrogen) atoms. The Bertz CT molecular complexity index is 801. The maximum absolute atomic E-state index is 13.9. The Kier molecular flexibility index (Phi) is 6.64. The first kappa shape index (κ1) is 21.4. The Morgan fingerprint density at radius 1 is 1.31 bits per heavy atom. The van der Waals surface area contributed by atoms with Gasteiger partial charge in [0.2, 0.25) is 6.35 Å². The Labute approximate surface area is 175 Å². The molecule has 0 spiro atoms. The molecule has 9 heteroatoms. The highest BCUT2D eigenvalue weighted by Gasteiger charge is 2.27. The Balaban J connectivity index is 1.52. The lowest BCUT2D eigenvalue weighted by atomic mass is 10.2. The molecule has 2 heterocycles. The molecule has 158 valence electrons. The summed E-state index contributed by atoms with van der Waals surface area (Å²) in [6, 6.07) is 4.47. The highest BCUT2D eigenvalue weighted by Crippen LogP contribution is 2.17. The number of amidine groups is 1. The summed E-state index contributed by atoms with van der Waals surface area (Å²) < 4.78 is 25.0. The van der Waals surface area contributed by atoms with Gasteiger partial charge in [0.15, 0.2) is 0 Å². The largest absolute Gasteiger partial charge is 0.444 e. The molecule has 2 aliphatic heterocycles. The maximum atomic E-state index is 13.9. The highest BCUT2D eigenvalue weighted by molar-refractivity contribution is 6.30. The monoisotopic (exact) mass is 424 g/mol. The van der Waals surface area contributed by atoms with Gasteiger partial charge in [-0.05, 0) is 39.0 Å². The first-order valence-corrected chi connectivity index (χ1v) is 9.88. The molecule has 1 aromatic carbocycles. The maximum Gasteiger partial charge on any atom is 0.410 e. The van der Waals surface area contributed by atoms with Gasteiger partial charge >= 0.3 is 6.09 Å². The van der Waals surface area contributed by atoms with Gasteiger partial charge in [0.05, 0.1) is 6.61 Å². The van der Waals surface area contributed by atoms with Crippen molar-refractivity contribution in [3.05, 3.63) is 46.9 Å². The van der Waals surface area contributed by atoms with Crippen LogP contribution < -0.4 is 5.32 Å². The van der Waals surface area contributed by atoms with E-state index in [1.807, 2.05) is 26.8 Å². The number of halogens is 2. The van der Waals surface area contributed by atoms with Crippen LogP contribution in [0.15, 0.2) is 35.5 Å². The predicted octanol–water partition coefficient (Wildman–Crippen LogP) is 3.35. The van der Waals surface area contributed by atoms with E-state index in [1.54, 1.807) is 23.2 Å². The molecule has 0 saturated carbocycles. The van der Waals surface area contributed by atoms with Crippen molar-refractivity contribution in [1.29, 1.82) is 0 Å². The van der Waals surface area contributed by atoms with E-state index in [-0.39, 0.29) is 12.7 Å². The van der Waals surface area contributed by atoms with E-state index < -0.39 is 17.8 Å². The lowest BCUT2D eigenvalue weighted by Crippen LogP contribution is -2.52. The average Bonchev–Trinajstić information content (AvgIpc) is 2.66. The van der Waals surface area contributed by atoms with Crippen molar-refractivity contribution in [3.8, 4) is 0 Å². The molecular formula is C20H26ClFN4O3. The lowest BCUT2D eigenvalue weighted by Gasteiger charge is -2.37. The van der Waals surface area contributed by atoms with E-state index in [0.717, 1.165) is 5.84 Å². The van der Waals surface area contributed by atoms with Crippen molar-refractivity contribution < 1.29 is 18.7 Å². The zero-order chi connectivity index (χ0) is 21.0. The molecular weight excluding hydrogens is 399 g/mol.